The Balaban J connectivity index is 1.38. The lowest BCUT2D eigenvalue weighted by Gasteiger charge is -2.52. The molecular weight excluding hydrogens is 384 g/mol. The Bertz CT molecular complexity index is 899. The Morgan fingerprint density at radius 3 is 2.97 bits per heavy atom. The van der Waals surface area contributed by atoms with Gasteiger partial charge in [0.1, 0.15) is 5.76 Å². The van der Waals surface area contributed by atoms with Crippen molar-refractivity contribution in [3.05, 3.63) is 47.9 Å². The second-order valence-corrected chi connectivity index (χ2v) is 8.59. The van der Waals surface area contributed by atoms with E-state index in [4.69, 9.17) is 13.9 Å². The summed E-state index contributed by atoms with van der Waals surface area (Å²) in [5.41, 5.74) is 0.406. The molecule has 3 aliphatic rings. The first-order valence-electron chi connectivity index (χ1n) is 10.8. The van der Waals surface area contributed by atoms with Gasteiger partial charge in [0.2, 0.25) is 12.7 Å². The molecule has 3 heterocycles. The number of furan rings is 1. The maximum absolute atomic E-state index is 12.7. The average molecular weight is 412 g/mol. The van der Waals surface area contributed by atoms with Crippen LogP contribution < -0.4 is 14.8 Å². The maximum atomic E-state index is 12.7. The number of carbonyl (C=O) groups excluding carboxylic acids is 1. The van der Waals surface area contributed by atoms with Gasteiger partial charge in [-0.25, -0.2) is 0 Å². The number of ether oxygens (including phenoxy) is 2. The lowest BCUT2D eigenvalue weighted by atomic mass is 9.66. The van der Waals surface area contributed by atoms with E-state index in [0.29, 0.717) is 19.5 Å². The number of nitrogens with one attached hydrogen (secondary N) is 1. The van der Waals surface area contributed by atoms with E-state index in [9.17, 15) is 9.90 Å². The van der Waals surface area contributed by atoms with Gasteiger partial charge in [0.25, 0.3) is 0 Å². The Morgan fingerprint density at radius 1 is 1.20 bits per heavy atom. The van der Waals surface area contributed by atoms with Crippen LogP contribution in [0.25, 0.3) is 0 Å². The summed E-state index contributed by atoms with van der Waals surface area (Å²) in [7, 11) is 0. The smallest absolute Gasteiger partial charge is 0.234 e. The topological polar surface area (TPSA) is 84.2 Å². The van der Waals surface area contributed by atoms with Crippen LogP contribution in [0.1, 0.15) is 49.5 Å². The number of hydrogen-bond donors (Lipinski definition) is 2. The van der Waals surface area contributed by atoms with Gasteiger partial charge >= 0.3 is 0 Å². The lowest BCUT2D eigenvalue weighted by molar-refractivity contribution is -0.138. The van der Waals surface area contributed by atoms with Gasteiger partial charge in [-0.3, -0.25) is 9.69 Å². The number of carbonyl (C=O) groups is 1. The molecule has 2 aliphatic heterocycles. The molecule has 0 radical (unpaired) electrons. The molecular formula is C23H28N2O5. The second kappa shape index (κ2) is 7.96. The fraction of sp³-hybridized carbons (Fsp3) is 0.522. The van der Waals surface area contributed by atoms with E-state index in [1.54, 1.807) is 6.26 Å². The number of piperidine rings is 1. The minimum absolute atomic E-state index is 0.0343. The van der Waals surface area contributed by atoms with E-state index < -0.39 is 5.60 Å². The molecule has 30 heavy (non-hydrogen) atoms. The van der Waals surface area contributed by atoms with Crippen LogP contribution in [0.5, 0.6) is 11.5 Å². The van der Waals surface area contributed by atoms with Crippen LogP contribution in [0, 0.1) is 5.92 Å². The van der Waals surface area contributed by atoms with Crippen molar-refractivity contribution in [1.29, 1.82) is 0 Å². The quantitative estimate of drug-likeness (QED) is 0.786. The largest absolute Gasteiger partial charge is 0.467 e. The molecule has 7 nitrogen and oxygen atoms in total. The normalized spacial score (nSPS) is 28.2. The molecule has 160 valence electrons. The van der Waals surface area contributed by atoms with Gasteiger partial charge in [0.15, 0.2) is 11.5 Å². The predicted molar refractivity (Wildman–Crippen MR) is 109 cm³/mol. The van der Waals surface area contributed by atoms with Crippen molar-refractivity contribution in [1.82, 2.24) is 10.2 Å². The number of amides is 1. The third-order valence-corrected chi connectivity index (χ3v) is 6.80. The zero-order chi connectivity index (χ0) is 20.6. The first-order chi connectivity index (χ1) is 14.6. The number of nitrogens with zero attached hydrogens (tertiary/aromatic N) is 1. The van der Waals surface area contributed by atoms with Crippen molar-refractivity contribution in [2.75, 3.05) is 19.9 Å². The summed E-state index contributed by atoms with van der Waals surface area (Å²) in [6.07, 6.45) is 6.25. The zero-order valence-corrected chi connectivity index (χ0v) is 17.0. The Kier molecular flexibility index (Phi) is 5.16. The van der Waals surface area contributed by atoms with Crippen LogP contribution in [-0.4, -0.2) is 41.4 Å². The molecule has 1 saturated carbocycles. The van der Waals surface area contributed by atoms with Gasteiger partial charge in [0, 0.05) is 18.5 Å². The van der Waals surface area contributed by atoms with Gasteiger partial charge < -0.3 is 24.3 Å². The molecule has 0 spiro atoms. The SMILES string of the molecule is O=C(CN1CCC2(O)CCCCC2C1c1ccc2c(c1)OCO2)NCc1ccco1. The number of benzene rings is 1. The summed E-state index contributed by atoms with van der Waals surface area (Å²) < 4.78 is 16.4. The third-order valence-electron chi connectivity index (χ3n) is 6.80. The molecule has 2 fully saturated rings. The molecule has 1 saturated heterocycles. The van der Waals surface area contributed by atoms with Crippen LogP contribution in [0.4, 0.5) is 0 Å². The highest BCUT2D eigenvalue weighted by Crippen LogP contribution is 2.50. The fourth-order valence-electron chi connectivity index (χ4n) is 5.30. The highest BCUT2D eigenvalue weighted by molar-refractivity contribution is 5.78. The number of hydrogen-bond acceptors (Lipinski definition) is 6. The van der Waals surface area contributed by atoms with E-state index >= 15 is 0 Å². The van der Waals surface area contributed by atoms with E-state index in [0.717, 1.165) is 48.5 Å². The van der Waals surface area contributed by atoms with E-state index in [1.165, 1.54) is 0 Å². The lowest BCUT2D eigenvalue weighted by Crippen LogP contribution is -2.56. The van der Waals surface area contributed by atoms with Crippen LogP contribution in [0.3, 0.4) is 0 Å². The number of rotatable bonds is 5. The number of fused-ring (bicyclic) bond motifs is 2. The van der Waals surface area contributed by atoms with Crippen LogP contribution >= 0.6 is 0 Å². The molecule has 1 amide bonds. The molecule has 7 heteroatoms. The summed E-state index contributed by atoms with van der Waals surface area (Å²) in [6, 6.07) is 9.62. The summed E-state index contributed by atoms with van der Waals surface area (Å²) in [5.74, 6) is 2.27. The standard InChI is InChI=1S/C23H28N2O5/c26-21(24-13-17-4-3-11-28-17)14-25-10-9-23(27)8-2-1-5-18(23)22(25)16-6-7-19-20(12-16)30-15-29-19/h3-4,6-7,11-12,18,22,27H,1-2,5,8-10,13-15H2,(H,24,26). The molecule has 1 aliphatic carbocycles. The molecule has 3 atom stereocenters. The zero-order valence-electron chi connectivity index (χ0n) is 17.0. The summed E-state index contributed by atoms with van der Waals surface area (Å²) >= 11 is 0. The number of likely N-dealkylation sites (tertiary alicyclic amines) is 1. The minimum atomic E-state index is -0.666. The monoisotopic (exact) mass is 412 g/mol. The minimum Gasteiger partial charge on any atom is -0.467 e. The highest BCUT2D eigenvalue weighted by atomic mass is 16.7. The van der Waals surface area contributed by atoms with E-state index in [-0.39, 0.29) is 31.2 Å². The van der Waals surface area contributed by atoms with Crippen LogP contribution in [-0.2, 0) is 11.3 Å². The Morgan fingerprint density at radius 2 is 2.10 bits per heavy atom. The Labute approximate surface area is 176 Å². The molecule has 3 unspecified atom stereocenters. The first-order valence-corrected chi connectivity index (χ1v) is 10.8. The van der Waals surface area contributed by atoms with Gasteiger partial charge in [-0.2, -0.15) is 0 Å². The van der Waals surface area contributed by atoms with Gasteiger partial charge in [-0.1, -0.05) is 18.9 Å². The van der Waals surface area contributed by atoms with Crippen molar-refractivity contribution < 1.29 is 23.8 Å². The second-order valence-electron chi connectivity index (χ2n) is 8.59. The Hall–Kier alpha value is -2.51. The third kappa shape index (κ3) is 3.68. The molecule has 2 aromatic rings. The van der Waals surface area contributed by atoms with Crippen molar-refractivity contribution >= 4 is 5.91 Å². The molecule has 2 N–H and O–H groups in total. The first kappa shape index (κ1) is 19.5. The summed E-state index contributed by atoms with van der Waals surface area (Å²) in [6.45, 7) is 1.57. The van der Waals surface area contributed by atoms with Crippen molar-refractivity contribution in [3.8, 4) is 11.5 Å². The predicted octanol–water partition coefficient (Wildman–Crippen LogP) is 2.99. The molecule has 0 bridgehead atoms. The molecule has 5 rings (SSSR count). The number of aliphatic hydroxyl groups is 1. The molecule has 1 aromatic carbocycles. The van der Waals surface area contributed by atoms with Crippen LogP contribution in [0.2, 0.25) is 0 Å². The summed E-state index contributed by atoms with van der Waals surface area (Å²) in [4.78, 5) is 14.9. The highest BCUT2D eigenvalue weighted by Gasteiger charge is 2.49. The van der Waals surface area contributed by atoms with Gasteiger partial charge in [-0.15, -0.1) is 0 Å². The van der Waals surface area contributed by atoms with E-state index in [2.05, 4.69) is 10.2 Å². The fourth-order valence-corrected chi connectivity index (χ4v) is 5.30. The molecule has 1 aromatic heterocycles. The van der Waals surface area contributed by atoms with E-state index in [1.807, 2.05) is 30.3 Å². The summed E-state index contributed by atoms with van der Waals surface area (Å²) in [5, 5.41) is 14.3. The average Bonchev–Trinajstić information content (AvgIpc) is 3.43. The van der Waals surface area contributed by atoms with Gasteiger partial charge in [-0.05, 0) is 49.1 Å². The van der Waals surface area contributed by atoms with Crippen LogP contribution in [0.15, 0.2) is 41.0 Å². The van der Waals surface area contributed by atoms with Gasteiger partial charge in [0.05, 0.1) is 25.0 Å². The van der Waals surface area contributed by atoms with Crippen molar-refractivity contribution in [2.45, 2.75) is 50.3 Å². The van der Waals surface area contributed by atoms with Crippen molar-refractivity contribution in [2.24, 2.45) is 5.92 Å². The maximum Gasteiger partial charge on any atom is 0.234 e. The van der Waals surface area contributed by atoms with Crippen molar-refractivity contribution in [3.63, 3.8) is 0 Å².